The molecule has 2 aliphatic rings. The number of hydrogen-bond acceptors (Lipinski definition) is 3. The lowest BCUT2D eigenvalue weighted by molar-refractivity contribution is -0.171. The van der Waals surface area contributed by atoms with Crippen molar-refractivity contribution >= 4 is 5.97 Å². The van der Waals surface area contributed by atoms with Gasteiger partial charge < -0.3 is 10.1 Å². The third kappa shape index (κ3) is 4.00. The number of benzene rings is 2. The van der Waals surface area contributed by atoms with E-state index in [0.29, 0.717) is 0 Å². The predicted octanol–water partition coefficient (Wildman–Crippen LogP) is 5.09. The number of carbonyl (C=O) groups excluding carboxylic acids is 1. The highest BCUT2D eigenvalue weighted by molar-refractivity contribution is 5.74. The summed E-state index contributed by atoms with van der Waals surface area (Å²) in [6, 6.07) is 19.0. The number of hydrogen-bond donors (Lipinski definition) is 1. The quantitative estimate of drug-likeness (QED) is 0.754. The Morgan fingerprint density at radius 2 is 1.64 bits per heavy atom. The largest absolute Gasteiger partial charge is 0.454 e. The van der Waals surface area contributed by atoms with Crippen molar-refractivity contribution in [3.8, 4) is 0 Å². The molecule has 2 fully saturated rings. The first-order valence-electron chi connectivity index (χ1n) is 10.7. The molecule has 0 amide bonds. The number of rotatable bonds is 4. The van der Waals surface area contributed by atoms with Crippen LogP contribution in [0.25, 0.3) is 0 Å². The minimum absolute atomic E-state index is 0.00368. The normalized spacial score (nSPS) is 24.5. The van der Waals surface area contributed by atoms with Crippen molar-refractivity contribution in [2.24, 2.45) is 5.92 Å². The van der Waals surface area contributed by atoms with Crippen molar-refractivity contribution in [2.75, 3.05) is 13.1 Å². The minimum atomic E-state index is -0.487. The Morgan fingerprint density at radius 1 is 0.964 bits per heavy atom. The van der Waals surface area contributed by atoms with Gasteiger partial charge >= 0.3 is 5.97 Å². The van der Waals surface area contributed by atoms with Gasteiger partial charge in [-0.1, -0.05) is 73.0 Å². The van der Waals surface area contributed by atoms with E-state index in [4.69, 9.17) is 4.74 Å². The van der Waals surface area contributed by atoms with Crippen LogP contribution in [0.5, 0.6) is 0 Å². The molecule has 1 saturated heterocycles. The predicted molar refractivity (Wildman–Crippen MR) is 112 cm³/mol. The molecular weight excluding hydrogens is 346 g/mol. The lowest BCUT2D eigenvalue weighted by Crippen LogP contribution is -2.44. The summed E-state index contributed by atoms with van der Waals surface area (Å²) in [5, 5.41) is 3.41. The molecule has 1 heterocycles. The topological polar surface area (TPSA) is 38.3 Å². The van der Waals surface area contributed by atoms with Crippen molar-refractivity contribution in [3.05, 3.63) is 71.3 Å². The van der Waals surface area contributed by atoms with E-state index < -0.39 is 5.60 Å². The van der Waals surface area contributed by atoms with Crippen LogP contribution in [0, 0.1) is 12.8 Å². The van der Waals surface area contributed by atoms with Gasteiger partial charge in [0.05, 0.1) is 5.92 Å². The number of piperidine rings is 1. The van der Waals surface area contributed by atoms with Crippen LogP contribution in [0.2, 0.25) is 0 Å². The van der Waals surface area contributed by atoms with Gasteiger partial charge in [0.1, 0.15) is 5.60 Å². The lowest BCUT2D eigenvalue weighted by atomic mass is 9.75. The van der Waals surface area contributed by atoms with Gasteiger partial charge in [-0.3, -0.25) is 4.79 Å². The first kappa shape index (κ1) is 19.2. The Kier molecular flexibility index (Phi) is 5.82. The molecule has 2 aromatic carbocycles. The maximum absolute atomic E-state index is 13.5. The summed E-state index contributed by atoms with van der Waals surface area (Å²) in [4.78, 5) is 13.5. The molecule has 4 rings (SSSR count). The summed E-state index contributed by atoms with van der Waals surface area (Å²) in [5.41, 5.74) is 3.19. The second-order valence-electron chi connectivity index (χ2n) is 8.44. The summed E-state index contributed by atoms with van der Waals surface area (Å²) < 4.78 is 6.40. The van der Waals surface area contributed by atoms with Crippen molar-refractivity contribution in [1.82, 2.24) is 5.32 Å². The van der Waals surface area contributed by atoms with E-state index in [1.807, 2.05) is 18.2 Å². The van der Waals surface area contributed by atoms with E-state index in [1.54, 1.807) is 0 Å². The molecule has 1 N–H and O–H groups in total. The van der Waals surface area contributed by atoms with Crippen LogP contribution in [-0.2, 0) is 15.1 Å². The van der Waals surface area contributed by atoms with E-state index in [-0.39, 0.29) is 17.8 Å². The Bertz CT molecular complexity index is 778. The van der Waals surface area contributed by atoms with E-state index >= 15 is 0 Å². The zero-order valence-corrected chi connectivity index (χ0v) is 16.8. The maximum Gasteiger partial charge on any atom is 0.310 e. The van der Waals surface area contributed by atoms with Gasteiger partial charge in [0.15, 0.2) is 0 Å². The second kappa shape index (κ2) is 8.48. The van der Waals surface area contributed by atoms with Gasteiger partial charge in [0.2, 0.25) is 0 Å². The molecule has 2 unspecified atom stereocenters. The summed E-state index contributed by atoms with van der Waals surface area (Å²) in [7, 11) is 0. The van der Waals surface area contributed by atoms with Crippen LogP contribution >= 0.6 is 0 Å². The number of aryl methyl sites for hydroxylation is 1. The molecule has 148 valence electrons. The number of nitrogens with one attached hydrogen (secondary N) is 1. The summed E-state index contributed by atoms with van der Waals surface area (Å²) >= 11 is 0. The smallest absolute Gasteiger partial charge is 0.310 e. The highest BCUT2D eigenvalue weighted by atomic mass is 16.6. The SMILES string of the molecule is Cc1ccc(C2CCCCC2C(=O)OC2(c3ccccc3)CCNCC2)cc1. The molecule has 2 aromatic rings. The minimum Gasteiger partial charge on any atom is -0.454 e. The standard InChI is InChI=1S/C25H31NO2/c1-19-11-13-20(14-12-19)22-9-5-6-10-23(22)24(27)28-25(15-17-26-18-16-25)21-7-3-2-4-8-21/h2-4,7-8,11-14,22-23,26H,5-6,9-10,15-18H2,1H3. The van der Waals surface area contributed by atoms with E-state index in [1.165, 1.54) is 17.5 Å². The molecular formula is C25H31NO2. The maximum atomic E-state index is 13.5. The van der Waals surface area contributed by atoms with Gasteiger partial charge in [0, 0.05) is 12.8 Å². The van der Waals surface area contributed by atoms with Gasteiger partial charge in [-0.2, -0.15) is 0 Å². The highest BCUT2D eigenvalue weighted by Crippen LogP contribution is 2.42. The molecule has 3 heteroatoms. The molecule has 28 heavy (non-hydrogen) atoms. The summed E-state index contributed by atoms with van der Waals surface area (Å²) in [6.45, 7) is 3.87. The number of carbonyl (C=O) groups is 1. The van der Waals surface area contributed by atoms with E-state index in [9.17, 15) is 4.79 Å². The highest BCUT2D eigenvalue weighted by Gasteiger charge is 2.41. The van der Waals surface area contributed by atoms with Crippen LogP contribution in [0.15, 0.2) is 54.6 Å². The molecule has 0 radical (unpaired) electrons. The average Bonchev–Trinajstić information content (AvgIpc) is 2.75. The zero-order chi connectivity index (χ0) is 19.4. The molecule has 3 nitrogen and oxygen atoms in total. The Morgan fingerprint density at radius 3 is 2.36 bits per heavy atom. The Balaban J connectivity index is 1.58. The fourth-order valence-electron chi connectivity index (χ4n) is 4.92. The summed E-state index contributed by atoms with van der Waals surface area (Å²) in [5.74, 6) is 0.236. The van der Waals surface area contributed by atoms with Crippen molar-refractivity contribution < 1.29 is 9.53 Å². The third-order valence-electron chi connectivity index (χ3n) is 6.58. The first-order valence-corrected chi connectivity index (χ1v) is 10.7. The van der Waals surface area contributed by atoms with Crippen LogP contribution in [-0.4, -0.2) is 19.1 Å². The Labute approximate surface area is 168 Å². The lowest BCUT2D eigenvalue weighted by Gasteiger charge is -2.40. The third-order valence-corrected chi connectivity index (χ3v) is 6.58. The fraction of sp³-hybridized carbons (Fsp3) is 0.480. The van der Waals surface area contributed by atoms with Crippen LogP contribution < -0.4 is 5.32 Å². The van der Waals surface area contributed by atoms with Crippen LogP contribution in [0.1, 0.15) is 61.1 Å². The van der Waals surface area contributed by atoms with Gasteiger partial charge in [-0.15, -0.1) is 0 Å². The Hall–Kier alpha value is -2.13. The van der Waals surface area contributed by atoms with E-state index in [2.05, 4.69) is 48.6 Å². The van der Waals surface area contributed by atoms with Crippen LogP contribution in [0.3, 0.4) is 0 Å². The van der Waals surface area contributed by atoms with Crippen LogP contribution in [0.4, 0.5) is 0 Å². The molecule has 1 aliphatic heterocycles. The fourth-order valence-corrected chi connectivity index (χ4v) is 4.92. The van der Waals surface area contributed by atoms with Gasteiger partial charge in [-0.05, 0) is 49.9 Å². The molecule has 0 aromatic heterocycles. The molecule has 2 atom stereocenters. The molecule has 0 spiro atoms. The summed E-state index contributed by atoms with van der Waals surface area (Å²) in [6.07, 6.45) is 5.98. The van der Waals surface area contributed by atoms with Crippen molar-refractivity contribution in [2.45, 2.75) is 57.0 Å². The molecule has 1 aliphatic carbocycles. The van der Waals surface area contributed by atoms with Gasteiger partial charge in [-0.25, -0.2) is 0 Å². The van der Waals surface area contributed by atoms with Crippen molar-refractivity contribution in [1.29, 1.82) is 0 Å². The van der Waals surface area contributed by atoms with E-state index in [0.717, 1.165) is 50.8 Å². The monoisotopic (exact) mass is 377 g/mol. The second-order valence-corrected chi connectivity index (χ2v) is 8.44. The number of esters is 1. The molecule has 1 saturated carbocycles. The van der Waals surface area contributed by atoms with Gasteiger partial charge in [0.25, 0.3) is 0 Å². The average molecular weight is 378 g/mol. The first-order chi connectivity index (χ1) is 13.7. The zero-order valence-electron chi connectivity index (χ0n) is 16.8. The molecule has 0 bridgehead atoms. The number of ether oxygens (including phenoxy) is 1. The van der Waals surface area contributed by atoms with Crippen molar-refractivity contribution in [3.63, 3.8) is 0 Å².